The van der Waals surface area contributed by atoms with Crippen molar-refractivity contribution in [2.24, 2.45) is 0 Å². The minimum Gasteiger partial charge on any atom is -0.480 e. The third kappa shape index (κ3) is 1.28. The summed E-state index contributed by atoms with van der Waals surface area (Å²) in [5.74, 6) is -0.0848. The first-order valence-electron chi connectivity index (χ1n) is 5.93. The molecule has 0 amide bonds. The molecule has 17 heavy (non-hydrogen) atoms. The number of aldehydes is 1. The van der Waals surface area contributed by atoms with Gasteiger partial charge >= 0.3 is 5.97 Å². The Morgan fingerprint density at radius 2 is 2.24 bits per heavy atom. The number of hydrogen-bond acceptors (Lipinski definition) is 3. The van der Waals surface area contributed by atoms with E-state index in [0.717, 1.165) is 36.8 Å². The largest absolute Gasteiger partial charge is 0.480 e. The summed E-state index contributed by atoms with van der Waals surface area (Å²) in [5, 5.41) is 13.2. The van der Waals surface area contributed by atoms with E-state index in [1.54, 1.807) is 11.6 Å². The second-order valence-electron chi connectivity index (χ2n) is 4.97. The Hall–Kier alpha value is -1.65. The minimum atomic E-state index is -0.907. The molecule has 5 heteroatoms. The molecule has 2 aliphatic carbocycles. The maximum Gasteiger partial charge on any atom is 0.328 e. The van der Waals surface area contributed by atoms with Gasteiger partial charge < -0.3 is 5.11 Å². The molecule has 0 spiro atoms. The van der Waals surface area contributed by atoms with Crippen molar-refractivity contribution in [2.45, 2.75) is 44.1 Å². The highest BCUT2D eigenvalue weighted by Gasteiger charge is 2.43. The van der Waals surface area contributed by atoms with Gasteiger partial charge in [-0.1, -0.05) is 0 Å². The van der Waals surface area contributed by atoms with Crippen molar-refractivity contribution in [1.29, 1.82) is 0 Å². The van der Waals surface area contributed by atoms with Gasteiger partial charge in [0.2, 0.25) is 0 Å². The van der Waals surface area contributed by atoms with E-state index < -0.39 is 12.0 Å². The highest BCUT2D eigenvalue weighted by atomic mass is 16.4. The van der Waals surface area contributed by atoms with Gasteiger partial charge in [0.25, 0.3) is 0 Å². The van der Waals surface area contributed by atoms with Gasteiger partial charge in [-0.3, -0.25) is 9.48 Å². The highest BCUT2D eigenvalue weighted by Crippen LogP contribution is 2.54. The lowest BCUT2D eigenvalue weighted by Crippen LogP contribution is -2.20. The SMILES string of the molecule is CC(C(=O)O)n1nc(C=O)c2c1C1CCC2C1. The summed E-state index contributed by atoms with van der Waals surface area (Å²) in [7, 11) is 0. The number of carboxylic acids is 1. The Kier molecular flexibility index (Phi) is 2.11. The molecule has 0 aliphatic heterocycles. The van der Waals surface area contributed by atoms with Crippen molar-refractivity contribution in [3.05, 3.63) is 17.0 Å². The molecule has 3 rings (SSSR count). The number of hydrogen-bond donors (Lipinski definition) is 1. The zero-order valence-corrected chi connectivity index (χ0v) is 9.59. The second kappa shape index (κ2) is 3.42. The summed E-state index contributed by atoms with van der Waals surface area (Å²) < 4.78 is 1.55. The topological polar surface area (TPSA) is 72.2 Å². The minimum absolute atomic E-state index is 0.401. The molecule has 1 saturated carbocycles. The average molecular weight is 234 g/mol. The van der Waals surface area contributed by atoms with Crippen molar-refractivity contribution in [3.63, 3.8) is 0 Å². The Bertz CT molecular complexity index is 506. The fourth-order valence-corrected chi connectivity index (χ4v) is 3.28. The molecule has 90 valence electrons. The lowest BCUT2D eigenvalue weighted by molar-refractivity contribution is -0.140. The molecule has 0 radical (unpaired) electrons. The molecule has 0 aromatic carbocycles. The van der Waals surface area contributed by atoms with Crippen LogP contribution in [0.25, 0.3) is 0 Å². The smallest absolute Gasteiger partial charge is 0.328 e. The van der Waals surface area contributed by atoms with E-state index >= 15 is 0 Å². The van der Waals surface area contributed by atoms with Gasteiger partial charge in [0.1, 0.15) is 11.7 Å². The van der Waals surface area contributed by atoms with Crippen LogP contribution in [-0.2, 0) is 4.79 Å². The van der Waals surface area contributed by atoms with Gasteiger partial charge in [-0.2, -0.15) is 5.10 Å². The number of aromatic nitrogens is 2. The van der Waals surface area contributed by atoms with Crippen molar-refractivity contribution >= 4 is 12.3 Å². The van der Waals surface area contributed by atoms with Crippen LogP contribution >= 0.6 is 0 Å². The normalized spacial score (nSPS) is 26.9. The first kappa shape index (κ1) is 10.5. The third-order valence-electron chi connectivity index (χ3n) is 4.08. The third-order valence-corrected chi connectivity index (χ3v) is 4.08. The molecule has 1 aromatic rings. The Morgan fingerprint density at radius 3 is 2.88 bits per heavy atom. The van der Waals surface area contributed by atoms with Crippen LogP contribution in [0.3, 0.4) is 0 Å². The molecule has 3 unspecified atom stereocenters. The number of carbonyl (C=O) groups excluding carboxylic acids is 1. The quantitative estimate of drug-likeness (QED) is 0.808. The van der Waals surface area contributed by atoms with Crippen LogP contribution in [-0.4, -0.2) is 27.1 Å². The summed E-state index contributed by atoms with van der Waals surface area (Å²) in [6.45, 7) is 1.61. The molecule has 1 fully saturated rings. The molecular weight excluding hydrogens is 220 g/mol. The van der Waals surface area contributed by atoms with E-state index in [4.69, 9.17) is 5.11 Å². The fraction of sp³-hybridized carbons (Fsp3) is 0.583. The Labute approximate surface area is 98.4 Å². The van der Waals surface area contributed by atoms with Crippen molar-refractivity contribution in [1.82, 2.24) is 9.78 Å². The maximum atomic E-state index is 11.1. The zero-order valence-electron chi connectivity index (χ0n) is 9.59. The van der Waals surface area contributed by atoms with Crippen molar-refractivity contribution < 1.29 is 14.7 Å². The summed E-state index contributed by atoms with van der Waals surface area (Å²) in [5.41, 5.74) is 2.46. The van der Waals surface area contributed by atoms with Crippen LogP contribution in [0, 0.1) is 0 Å². The van der Waals surface area contributed by atoms with Crippen LogP contribution in [0.5, 0.6) is 0 Å². The molecule has 0 saturated heterocycles. The van der Waals surface area contributed by atoms with Crippen LogP contribution in [0.15, 0.2) is 0 Å². The van der Waals surface area contributed by atoms with Crippen LogP contribution in [0.1, 0.15) is 65.8 Å². The lowest BCUT2D eigenvalue weighted by atomic mass is 9.95. The van der Waals surface area contributed by atoms with Gasteiger partial charge in [-0.15, -0.1) is 0 Å². The standard InChI is InChI=1S/C12H14N2O3/c1-6(12(16)17)14-11-8-3-2-7(4-8)10(11)9(5-15)13-14/h5-8H,2-4H2,1H3,(H,16,17). The van der Waals surface area contributed by atoms with E-state index in [-0.39, 0.29) is 0 Å². The summed E-state index contributed by atoms with van der Waals surface area (Å²) >= 11 is 0. The number of carbonyl (C=O) groups is 2. The zero-order chi connectivity index (χ0) is 12.2. The van der Waals surface area contributed by atoms with Crippen LogP contribution in [0.2, 0.25) is 0 Å². The van der Waals surface area contributed by atoms with E-state index in [1.807, 2.05) is 0 Å². The number of aliphatic carboxylic acids is 1. The predicted octanol–water partition coefficient (Wildman–Crippen LogP) is 1.71. The molecule has 1 heterocycles. The van der Waals surface area contributed by atoms with Crippen molar-refractivity contribution in [2.75, 3.05) is 0 Å². The van der Waals surface area contributed by atoms with Crippen LogP contribution < -0.4 is 0 Å². The molecule has 5 nitrogen and oxygen atoms in total. The van der Waals surface area contributed by atoms with Gasteiger partial charge in [0, 0.05) is 17.2 Å². The lowest BCUT2D eigenvalue weighted by Gasteiger charge is -2.16. The Morgan fingerprint density at radius 1 is 1.53 bits per heavy atom. The number of rotatable bonds is 3. The van der Waals surface area contributed by atoms with Gasteiger partial charge in [-0.05, 0) is 32.1 Å². The highest BCUT2D eigenvalue weighted by molar-refractivity contribution is 5.77. The summed E-state index contributed by atoms with van der Waals surface area (Å²) in [6, 6.07) is -0.697. The molecule has 3 atom stereocenters. The second-order valence-corrected chi connectivity index (χ2v) is 4.97. The van der Waals surface area contributed by atoms with Gasteiger partial charge in [0.15, 0.2) is 6.29 Å². The first-order valence-corrected chi connectivity index (χ1v) is 5.93. The van der Waals surface area contributed by atoms with E-state index in [0.29, 0.717) is 17.5 Å². The molecule has 2 aliphatic rings. The molecule has 1 aromatic heterocycles. The predicted molar refractivity (Wildman–Crippen MR) is 59.3 cm³/mol. The van der Waals surface area contributed by atoms with Crippen LogP contribution in [0.4, 0.5) is 0 Å². The maximum absolute atomic E-state index is 11.1. The fourth-order valence-electron chi connectivity index (χ4n) is 3.28. The molecule has 2 bridgehead atoms. The van der Waals surface area contributed by atoms with Crippen molar-refractivity contribution in [3.8, 4) is 0 Å². The number of nitrogens with zero attached hydrogens (tertiary/aromatic N) is 2. The monoisotopic (exact) mass is 234 g/mol. The van der Waals surface area contributed by atoms with E-state index in [2.05, 4.69) is 5.10 Å². The van der Waals surface area contributed by atoms with Gasteiger partial charge in [-0.25, -0.2) is 4.79 Å². The molecule has 1 N–H and O–H groups in total. The van der Waals surface area contributed by atoms with E-state index in [1.165, 1.54) is 0 Å². The number of fused-ring (bicyclic) bond motifs is 5. The van der Waals surface area contributed by atoms with Gasteiger partial charge in [0.05, 0.1) is 0 Å². The summed E-state index contributed by atoms with van der Waals surface area (Å²) in [4.78, 5) is 22.1. The Balaban J connectivity index is 2.16. The first-order chi connectivity index (χ1) is 8.13. The number of carboxylic acid groups (broad SMARTS) is 1. The average Bonchev–Trinajstić information content (AvgIpc) is 2.98. The van der Waals surface area contributed by atoms with E-state index in [9.17, 15) is 9.59 Å². The summed E-state index contributed by atoms with van der Waals surface area (Å²) in [6.07, 6.45) is 4.00. The molecular formula is C12H14N2O3.